The Balaban J connectivity index is 3.02. The molecule has 0 aliphatic rings. The van der Waals surface area contributed by atoms with E-state index in [0.717, 1.165) is 5.69 Å². The summed E-state index contributed by atoms with van der Waals surface area (Å²) in [4.78, 5) is 0. The van der Waals surface area contributed by atoms with E-state index in [1.807, 2.05) is 30.5 Å². The molecular weight excluding hydrogens is 148 g/mol. The van der Waals surface area contributed by atoms with Crippen molar-refractivity contribution in [2.24, 2.45) is 0 Å². The number of benzene rings is 1. The Labute approximate surface area is 72.8 Å². The zero-order valence-corrected chi connectivity index (χ0v) is 7.33. The van der Waals surface area contributed by atoms with Crippen molar-refractivity contribution in [1.29, 1.82) is 5.26 Å². The molecule has 2 heteroatoms. The lowest BCUT2D eigenvalue weighted by Gasteiger charge is -2.09. The molecule has 1 aromatic carbocycles. The van der Waals surface area contributed by atoms with Gasteiger partial charge in [0.2, 0.25) is 0 Å². The lowest BCUT2D eigenvalue weighted by Crippen LogP contribution is -1.95. The molecule has 0 atom stereocenters. The molecule has 0 fully saturated rings. The maximum Gasteiger partial charge on any atom is 0.181 e. The van der Waals surface area contributed by atoms with Crippen LogP contribution in [0.5, 0.6) is 0 Å². The minimum atomic E-state index is 0.446. The Morgan fingerprint density at radius 2 is 2.00 bits per heavy atom. The van der Waals surface area contributed by atoms with Gasteiger partial charge in [-0.05, 0) is 17.5 Å². The van der Waals surface area contributed by atoms with Crippen LogP contribution in [0.4, 0.5) is 5.69 Å². The highest BCUT2D eigenvalue weighted by atomic mass is 14.9. The molecule has 0 aliphatic carbocycles. The number of anilines is 1. The first kappa shape index (κ1) is 8.61. The molecule has 0 aromatic heterocycles. The lowest BCUT2D eigenvalue weighted by atomic mass is 10.0. The van der Waals surface area contributed by atoms with E-state index < -0.39 is 0 Å². The summed E-state index contributed by atoms with van der Waals surface area (Å²) in [6.45, 7) is 4.22. The van der Waals surface area contributed by atoms with Gasteiger partial charge in [-0.1, -0.05) is 32.0 Å². The van der Waals surface area contributed by atoms with Crippen LogP contribution in [0.25, 0.3) is 0 Å². The van der Waals surface area contributed by atoms with Crippen LogP contribution >= 0.6 is 0 Å². The van der Waals surface area contributed by atoms with E-state index in [4.69, 9.17) is 5.26 Å². The normalized spacial score (nSPS) is 9.50. The third-order valence-electron chi connectivity index (χ3n) is 1.77. The van der Waals surface area contributed by atoms with E-state index in [2.05, 4.69) is 19.2 Å². The molecule has 0 saturated heterocycles. The highest BCUT2D eigenvalue weighted by Crippen LogP contribution is 2.22. The van der Waals surface area contributed by atoms with Crippen molar-refractivity contribution in [3.05, 3.63) is 29.8 Å². The Morgan fingerprint density at radius 3 is 2.58 bits per heavy atom. The fourth-order valence-corrected chi connectivity index (χ4v) is 1.17. The summed E-state index contributed by atoms with van der Waals surface area (Å²) in [5, 5.41) is 11.1. The van der Waals surface area contributed by atoms with Crippen LogP contribution in [-0.2, 0) is 0 Å². The second-order valence-corrected chi connectivity index (χ2v) is 2.98. The number of nitriles is 1. The van der Waals surface area contributed by atoms with Gasteiger partial charge in [-0.3, -0.25) is 5.32 Å². The number of para-hydroxylation sites is 1. The van der Waals surface area contributed by atoms with E-state index in [0.29, 0.717) is 5.92 Å². The van der Waals surface area contributed by atoms with Crippen LogP contribution in [0.2, 0.25) is 0 Å². The number of nitrogens with one attached hydrogen (secondary N) is 1. The van der Waals surface area contributed by atoms with Crippen LogP contribution in [0.1, 0.15) is 25.3 Å². The van der Waals surface area contributed by atoms with Crippen molar-refractivity contribution in [3.8, 4) is 6.19 Å². The molecule has 0 saturated carbocycles. The third kappa shape index (κ3) is 1.76. The number of rotatable bonds is 2. The van der Waals surface area contributed by atoms with Crippen molar-refractivity contribution in [2.75, 3.05) is 5.32 Å². The number of hydrogen-bond donors (Lipinski definition) is 1. The molecule has 1 rings (SSSR count). The van der Waals surface area contributed by atoms with Gasteiger partial charge in [0.25, 0.3) is 0 Å². The molecule has 0 heterocycles. The lowest BCUT2D eigenvalue weighted by molar-refractivity contribution is 0.869. The van der Waals surface area contributed by atoms with E-state index in [1.54, 1.807) is 0 Å². The van der Waals surface area contributed by atoms with E-state index in [9.17, 15) is 0 Å². The van der Waals surface area contributed by atoms with Gasteiger partial charge >= 0.3 is 0 Å². The fourth-order valence-electron chi connectivity index (χ4n) is 1.17. The fraction of sp³-hybridized carbons (Fsp3) is 0.300. The molecule has 1 N–H and O–H groups in total. The molecule has 1 aromatic rings. The SMILES string of the molecule is CC(C)c1ccccc1NC#N. The molecule has 0 unspecified atom stereocenters. The Kier molecular flexibility index (Phi) is 2.71. The smallest absolute Gasteiger partial charge is 0.181 e. The average Bonchev–Trinajstić information content (AvgIpc) is 2.05. The summed E-state index contributed by atoms with van der Waals surface area (Å²) in [6.07, 6.45) is 1.93. The largest absolute Gasteiger partial charge is 0.293 e. The van der Waals surface area contributed by atoms with Crippen LogP contribution in [0, 0.1) is 11.5 Å². The predicted octanol–water partition coefficient (Wildman–Crippen LogP) is 2.70. The standard InChI is InChI=1S/C10H12N2/c1-8(2)9-5-3-4-6-10(9)12-7-11/h3-6,8,12H,1-2H3. The minimum absolute atomic E-state index is 0.446. The summed E-state index contributed by atoms with van der Waals surface area (Å²) in [5.74, 6) is 0.446. The Morgan fingerprint density at radius 1 is 1.33 bits per heavy atom. The van der Waals surface area contributed by atoms with Crippen LogP contribution in [-0.4, -0.2) is 0 Å². The third-order valence-corrected chi connectivity index (χ3v) is 1.77. The molecule has 0 spiro atoms. The molecule has 12 heavy (non-hydrogen) atoms. The van der Waals surface area contributed by atoms with Gasteiger partial charge in [0.1, 0.15) is 0 Å². The predicted molar refractivity (Wildman–Crippen MR) is 49.8 cm³/mol. The zero-order chi connectivity index (χ0) is 8.97. The van der Waals surface area contributed by atoms with Crippen molar-refractivity contribution in [3.63, 3.8) is 0 Å². The quantitative estimate of drug-likeness (QED) is 0.533. The summed E-state index contributed by atoms with van der Waals surface area (Å²) in [7, 11) is 0. The Hall–Kier alpha value is -1.49. The summed E-state index contributed by atoms with van der Waals surface area (Å²) >= 11 is 0. The van der Waals surface area contributed by atoms with E-state index in [1.165, 1.54) is 5.56 Å². The van der Waals surface area contributed by atoms with Gasteiger partial charge in [0.05, 0.1) is 5.69 Å². The molecule has 62 valence electrons. The van der Waals surface area contributed by atoms with Gasteiger partial charge in [-0.2, -0.15) is 5.26 Å². The summed E-state index contributed by atoms with van der Waals surface area (Å²) in [5.41, 5.74) is 2.09. The molecule has 0 aliphatic heterocycles. The van der Waals surface area contributed by atoms with Gasteiger partial charge in [0, 0.05) is 0 Å². The zero-order valence-electron chi connectivity index (χ0n) is 7.33. The Bertz CT molecular complexity index is 297. The van der Waals surface area contributed by atoms with Crippen LogP contribution in [0.15, 0.2) is 24.3 Å². The van der Waals surface area contributed by atoms with Crippen molar-refractivity contribution in [2.45, 2.75) is 19.8 Å². The van der Waals surface area contributed by atoms with Gasteiger partial charge in [0.15, 0.2) is 6.19 Å². The first-order chi connectivity index (χ1) is 5.75. The second kappa shape index (κ2) is 3.77. The highest BCUT2D eigenvalue weighted by Gasteiger charge is 2.03. The minimum Gasteiger partial charge on any atom is -0.293 e. The first-order valence-electron chi connectivity index (χ1n) is 3.99. The van der Waals surface area contributed by atoms with E-state index in [-0.39, 0.29) is 0 Å². The highest BCUT2D eigenvalue weighted by molar-refractivity contribution is 5.54. The maximum absolute atomic E-state index is 8.46. The van der Waals surface area contributed by atoms with Crippen molar-refractivity contribution >= 4 is 5.69 Å². The summed E-state index contributed by atoms with van der Waals surface area (Å²) < 4.78 is 0. The van der Waals surface area contributed by atoms with Crippen molar-refractivity contribution in [1.82, 2.24) is 0 Å². The van der Waals surface area contributed by atoms with Crippen LogP contribution in [0.3, 0.4) is 0 Å². The van der Waals surface area contributed by atoms with Crippen LogP contribution < -0.4 is 5.32 Å². The summed E-state index contributed by atoms with van der Waals surface area (Å²) in [6, 6.07) is 7.85. The first-order valence-corrected chi connectivity index (χ1v) is 3.99. The molecule has 0 amide bonds. The second-order valence-electron chi connectivity index (χ2n) is 2.98. The van der Waals surface area contributed by atoms with Gasteiger partial charge in [-0.15, -0.1) is 0 Å². The molecular formula is C10H12N2. The van der Waals surface area contributed by atoms with Gasteiger partial charge < -0.3 is 0 Å². The number of hydrogen-bond acceptors (Lipinski definition) is 2. The molecule has 0 radical (unpaired) electrons. The molecule has 0 bridgehead atoms. The molecule has 2 nitrogen and oxygen atoms in total. The van der Waals surface area contributed by atoms with Crippen molar-refractivity contribution < 1.29 is 0 Å². The number of nitrogens with zero attached hydrogens (tertiary/aromatic N) is 1. The van der Waals surface area contributed by atoms with Gasteiger partial charge in [-0.25, -0.2) is 0 Å². The average molecular weight is 160 g/mol. The monoisotopic (exact) mass is 160 g/mol. The van der Waals surface area contributed by atoms with E-state index >= 15 is 0 Å². The maximum atomic E-state index is 8.46. The topological polar surface area (TPSA) is 35.8 Å².